The molecule has 0 aromatic heterocycles. The van der Waals surface area contributed by atoms with E-state index in [0.717, 1.165) is 31.2 Å². The third-order valence-corrected chi connectivity index (χ3v) is 6.46. The fraction of sp³-hybridized carbons (Fsp3) is 0.579. The molecule has 6 nitrogen and oxygen atoms in total. The predicted octanol–water partition coefficient (Wildman–Crippen LogP) is 2.40. The van der Waals surface area contributed by atoms with Crippen LogP contribution in [0.1, 0.15) is 36.8 Å². The highest BCUT2D eigenvalue weighted by Gasteiger charge is 2.66. The van der Waals surface area contributed by atoms with E-state index in [4.69, 9.17) is 10.5 Å². The van der Waals surface area contributed by atoms with Crippen LogP contribution >= 0.6 is 0 Å². The summed E-state index contributed by atoms with van der Waals surface area (Å²) in [7, 11) is 3.29. The van der Waals surface area contributed by atoms with E-state index in [0.29, 0.717) is 12.0 Å². The summed E-state index contributed by atoms with van der Waals surface area (Å²) in [5.41, 5.74) is 5.98. The number of benzene rings is 1. The summed E-state index contributed by atoms with van der Waals surface area (Å²) in [6.07, 6.45) is 3.95. The second-order valence-corrected chi connectivity index (χ2v) is 7.63. The molecule has 1 saturated carbocycles. The number of hydrogen-bond donors (Lipinski definition) is 1. The topological polar surface area (TPSA) is 77.2 Å². The summed E-state index contributed by atoms with van der Waals surface area (Å²) in [4.78, 5) is 19.4. The Morgan fingerprint density at radius 1 is 1.33 bits per heavy atom. The molecule has 1 unspecified atom stereocenters. The van der Waals surface area contributed by atoms with E-state index in [2.05, 4.69) is 9.73 Å². The van der Waals surface area contributed by atoms with Crippen LogP contribution in [0.4, 0.5) is 8.78 Å². The summed E-state index contributed by atoms with van der Waals surface area (Å²) in [6.45, 7) is -2.93. The van der Waals surface area contributed by atoms with Crippen LogP contribution in [0.2, 0.25) is 0 Å². The Balaban J connectivity index is 1.84. The molecule has 0 saturated heterocycles. The molecule has 2 spiro atoms. The van der Waals surface area contributed by atoms with Gasteiger partial charge in [0.25, 0.3) is 5.91 Å². The molecule has 1 aromatic rings. The number of carbonyl (C=O) groups is 1. The zero-order valence-corrected chi connectivity index (χ0v) is 15.4. The lowest BCUT2D eigenvalue weighted by Crippen LogP contribution is -2.51. The zero-order valence-electron chi connectivity index (χ0n) is 15.4. The SMILES string of the molecule is COC1CCC2(CC1)Cc1ccc(OC(F)F)cc1C21N=C(N)N(C)C1=O. The standard InChI is InChI=1S/C19H23F2N3O3/c1-24-15(25)19(23-17(24)22)14-9-13(27-16(20)21)4-3-11(14)10-18(19)7-5-12(26-2)6-8-18/h3-4,9,12,16H,5-8,10H2,1-2H3,(H2,22,23). The molecule has 27 heavy (non-hydrogen) atoms. The zero-order chi connectivity index (χ0) is 19.4. The van der Waals surface area contributed by atoms with Crippen LogP contribution in [0.5, 0.6) is 5.75 Å². The molecule has 1 atom stereocenters. The summed E-state index contributed by atoms with van der Waals surface area (Å²) in [6, 6.07) is 4.82. The van der Waals surface area contributed by atoms with Crippen molar-refractivity contribution >= 4 is 11.9 Å². The van der Waals surface area contributed by atoms with Gasteiger partial charge in [0.15, 0.2) is 11.5 Å². The molecule has 2 aliphatic carbocycles. The number of likely N-dealkylation sites (N-methyl/N-ethyl adjacent to an activating group) is 1. The van der Waals surface area contributed by atoms with Gasteiger partial charge in [-0.25, -0.2) is 4.99 Å². The number of halogens is 2. The number of rotatable bonds is 3. The summed E-state index contributed by atoms with van der Waals surface area (Å²) < 4.78 is 35.5. The van der Waals surface area contributed by atoms with Gasteiger partial charge in [-0.15, -0.1) is 0 Å². The quantitative estimate of drug-likeness (QED) is 0.875. The molecule has 1 aliphatic heterocycles. The molecule has 3 aliphatic rings. The third-order valence-electron chi connectivity index (χ3n) is 6.46. The Kier molecular flexibility index (Phi) is 4.14. The number of nitrogens with zero attached hydrogens (tertiary/aromatic N) is 2. The molecule has 1 aromatic carbocycles. The lowest BCUT2D eigenvalue weighted by Gasteiger charge is -2.45. The van der Waals surface area contributed by atoms with E-state index in [1.807, 2.05) is 0 Å². The summed E-state index contributed by atoms with van der Waals surface area (Å²) >= 11 is 0. The molecule has 1 heterocycles. The van der Waals surface area contributed by atoms with Crippen molar-refractivity contribution in [3.8, 4) is 5.75 Å². The average molecular weight is 379 g/mol. The van der Waals surface area contributed by atoms with Gasteiger partial charge in [-0.05, 0) is 55.4 Å². The van der Waals surface area contributed by atoms with Crippen molar-refractivity contribution in [1.29, 1.82) is 0 Å². The predicted molar refractivity (Wildman–Crippen MR) is 94.5 cm³/mol. The highest BCUT2D eigenvalue weighted by molar-refractivity contribution is 6.08. The number of alkyl halides is 2. The lowest BCUT2D eigenvalue weighted by molar-refractivity contribution is -0.137. The Morgan fingerprint density at radius 3 is 2.59 bits per heavy atom. The first-order chi connectivity index (χ1) is 12.8. The first kappa shape index (κ1) is 18.2. The second kappa shape index (κ2) is 6.15. The van der Waals surface area contributed by atoms with Crippen LogP contribution in [0.3, 0.4) is 0 Å². The number of amides is 1. The number of nitrogens with two attached hydrogens (primary N) is 1. The van der Waals surface area contributed by atoms with E-state index < -0.39 is 17.6 Å². The fourth-order valence-corrected chi connectivity index (χ4v) is 5.08. The van der Waals surface area contributed by atoms with Crippen LogP contribution in [0.25, 0.3) is 0 Å². The molecular formula is C19H23F2N3O3. The number of methoxy groups -OCH3 is 1. The van der Waals surface area contributed by atoms with E-state index in [1.165, 1.54) is 17.0 Å². The van der Waals surface area contributed by atoms with Gasteiger partial charge < -0.3 is 15.2 Å². The van der Waals surface area contributed by atoms with E-state index >= 15 is 0 Å². The van der Waals surface area contributed by atoms with Crippen molar-refractivity contribution in [3.05, 3.63) is 29.3 Å². The van der Waals surface area contributed by atoms with Crippen LogP contribution in [0, 0.1) is 5.41 Å². The summed E-state index contributed by atoms with van der Waals surface area (Å²) in [5, 5.41) is 0. The van der Waals surface area contributed by atoms with Gasteiger partial charge in [-0.2, -0.15) is 8.78 Å². The Labute approximate surface area is 156 Å². The van der Waals surface area contributed by atoms with Gasteiger partial charge in [0.2, 0.25) is 0 Å². The van der Waals surface area contributed by atoms with Gasteiger partial charge in [0, 0.05) is 19.6 Å². The maximum Gasteiger partial charge on any atom is 0.387 e. The van der Waals surface area contributed by atoms with Crippen LogP contribution < -0.4 is 10.5 Å². The molecule has 8 heteroatoms. The molecule has 146 valence electrons. The number of aliphatic imine (C=N–C) groups is 1. The number of guanidine groups is 1. The molecule has 0 radical (unpaired) electrons. The third kappa shape index (κ3) is 2.46. The molecule has 4 rings (SSSR count). The van der Waals surface area contributed by atoms with Crippen molar-refractivity contribution in [2.45, 2.75) is 50.4 Å². The maximum atomic E-state index is 13.4. The largest absolute Gasteiger partial charge is 0.435 e. The van der Waals surface area contributed by atoms with E-state index in [1.54, 1.807) is 20.2 Å². The van der Waals surface area contributed by atoms with Gasteiger partial charge in [-0.3, -0.25) is 9.69 Å². The highest BCUT2D eigenvalue weighted by Crippen LogP contribution is 2.62. The maximum absolute atomic E-state index is 13.4. The van der Waals surface area contributed by atoms with Crippen molar-refractivity contribution in [2.75, 3.05) is 14.2 Å². The molecule has 1 fully saturated rings. The number of carbonyl (C=O) groups excluding carboxylic acids is 1. The molecular weight excluding hydrogens is 356 g/mol. The van der Waals surface area contributed by atoms with Crippen molar-refractivity contribution in [3.63, 3.8) is 0 Å². The number of fused-ring (bicyclic) bond motifs is 3. The van der Waals surface area contributed by atoms with Crippen LogP contribution in [0.15, 0.2) is 23.2 Å². The molecule has 0 bridgehead atoms. The van der Waals surface area contributed by atoms with Gasteiger partial charge in [0.05, 0.1) is 6.10 Å². The van der Waals surface area contributed by atoms with Gasteiger partial charge in [-0.1, -0.05) is 6.07 Å². The molecule has 2 N–H and O–H groups in total. The van der Waals surface area contributed by atoms with Crippen molar-refractivity contribution in [2.24, 2.45) is 16.1 Å². The molecule has 1 amide bonds. The van der Waals surface area contributed by atoms with Crippen molar-refractivity contribution in [1.82, 2.24) is 4.90 Å². The second-order valence-electron chi connectivity index (χ2n) is 7.63. The number of hydrogen-bond acceptors (Lipinski definition) is 5. The summed E-state index contributed by atoms with van der Waals surface area (Å²) in [5.74, 6) is -0.0213. The number of ether oxygens (including phenoxy) is 2. The normalized spacial score (nSPS) is 32.5. The smallest absolute Gasteiger partial charge is 0.387 e. The monoisotopic (exact) mass is 379 g/mol. The minimum absolute atomic E-state index is 0.0295. The van der Waals surface area contributed by atoms with E-state index in [-0.39, 0.29) is 23.7 Å². The van der Waals surface area contributed by atoms with Gasteiger partial charge >= 0.3 is 6.61 Å². The Bertz CT molecular complexity index is 805. The minimum Gasteiger partial charge on any atom is -0.435 e. The first-order valence-corrected chi connectivity index (χ1v) is 9.07. The van der Waals surface area contributed by atoms with Crippen LogP contribution in [-0.4, -0.2) is 43.6 Å². The van der Waals surface area contributed by atoms with Crippen molar-refractivity contribution < 1.29 is 23.0 Å². The first-order valence-electron chi connectivity index (χ1n) is 9.07. The average Bonchev–Trinajstić information content (AvgIpc) is 3.03. The lowest BCUT2D eigenvalue weighted by atomic mass is 9.61. The van der Waals surface area contributed by atoms with Gasteiger partial charge in [0.1, 0.15) is 5.75 Å². The Morgan fingerprint density at radius 2 is 2.04 bits per heavy atom. The minimum atomic E-state index is -2.93. The van der Waals surface area contributed by atoms with E-state index in [9.17, 15) is 13.6 Å². The fourth-order valence-electron chi connectivity index (χ4n) is 5.08. The van der Waals surface area contributed by atoms with Crippen LogP contribution in [-0.2, 0) is 21.5 Å². The highest BCUT2D eigenvalue weighted by atomic mass is 19.3. The Hall–Kier alpha value is -2.22.